The maximum Gasteiger partial charge on any atom is 0.416 e. The molecule has 0 aromatic heterocycles. The number of urea groups is 1. The quantitative estimate of drug-likeness (QED) is 0.699. The average molecular weight is 410 g/mol. The van der Waals surface area contributed by atoms with Crippen molar-refractivity contribution in [2.75, 3.05) is 5.32 Å². The number of carbonyl (C=O) groups is 2. The van der Waals surface area contributed by atoms with Crippen molar-refractivity contribution in [2.45, 2.75) is 12.2 Å². The fraction of sp³-hybridized carbons (Fsp3) is 0.158. The number of halogens is 4. The molecule has 2 atom stereocenters. The lowest BCUT2D eigenvalue weighted by Gasteiger charge is -2.34. The Hall–Kier alpha value is -3.00. The van der Waals surface area contributed by atoms with Gasteiger partial charge < -0.3 is 16.0 Å². The predicted octanol–water partition coefficient (Wildman–Crippen LogP) is 4.48. The second-order valence-corrected chi connectivity index (χ2v) is 6.58. The van der Waals surface area contributed by atoms with Crippen molar-refractivity contribution in [1.82, 2.24) is 10.6 Å². The number of alkyl halides is 3. The minimum absolute atomic E-state index is 0.0255. The zero-order chi connectivity index (χ0) is 20.5. The summed E-state index contributed by atoms with van der Waals surface area (Å²) in [4.78, 5) is 24.7. The SMILES string of the molecule is C=C1NC(=O)N[C@@H](c2ccccc2Cl)[C@@H]1C(=O)Nc1cccc(C(F)(F)F)c1. The van der Waals surface area contributed by atoms with Gasteiger partial charge in [-0.1, -0.05) is 42.4 Å². The van der Waals surface area contributed by atoms with Crippen LogP contribution in [-0.2, 0) is 11.0 Å². The molecule has 0 bridgehead atoms. The van der Waals surface area contributed by atoms with E-state index in [4.69, 9.17) is 11.6 Å². The Morgan fingerprint density at radius 1 is 1.14 bits per heavy atom. The van der Waals surface area contributed by atoms with Crippen LogP contribution in [0.1, 0.15) is 17.2 Å². The van der Waals surface area contributed by atoms with E-state index in [0.29, 0.717) is 10.6 Å². The Bertz CT molecular complexity index is 946. The summed E-state index contributed by atoms with van der Waals surface area (Å²) in [5.41, 5.74) is -0.313. The second kappa shape index (κ2) is 7.55. The Morgan fingerprint density at radius 3 is 2.54 bits per heavy atom. The zero-order valence-corrected chi connectivity index (χ0v) is 15.1. The lowest BCUT2D eigenvalue weighted by molar-refractivity contribution is -0.137. The van der Waals surface area contributed by atoms with Crippen molar-refractivity contribution in [3.63, 3.8) is 0 Å². The zero-order valence-electron chi connectivity index (χ0n) is 14.3. The second-order valence-electron chi connectivity index (χ2n) is 6.17. The number of hydrogen-bond donors (Lipinski definition) is 3. The Morgan fingerprint density at radius 2 is 1.86 bits per heavy atom. The van der Waals surface area contributed by atoms with Crippen molar-refractivity contribution in [3.8, 4) is 0 Å². The third-order valence-corrected chi connectivity index (χ3v) is 4.59. The van der Waals surface area contributed by atoms with Crippen LogP contribution in [0.25, 0.3) is 0 Å². The first-order valence-electron chi connectivity index (χ1n) is 8.15. The van der Waals surface area contributed by atoms with Gasteiger partial charge >= 0.3 is 12.2 Å². The van der Waals surface area contributed by atoms with Crippen molar-refractivity contribution in [3.05, 3.63) is 77.0 Å². The molecule has 3 rings (SSSR count). The Kier molecular flexibility index (Phi) is 5.33. The first-order valence-corrected chi connectivity index (χ1v) is 8.53. The molecule has 1 aliphatic rings. The summed E-state index contributed by atoms with van der Waals surface area (Å²) in [6.07, 6.45) is -4.54. The first-order chi connectivity index (χ1) is 13.2. The van der Waals surface area contributed by atoms with Crippen LogP contribution in [-0.4, -0.2) is 11.9 Å². The predicted molar refractivity (Wildman–Crippen MR) is 98.6 cm³/mol. The van der Waals surface area contributed by atoms with Gasteiger partial charge in [0, 0.05) is 16.4 Å². The van der Waals surface area contributed by atoms with Crippen molar-refractivity contribution in [2.24, 2.45) is 5.92 Å². The molecule has 0 spiro atoms. The molecule has 1 heterocycles. The molecule has 146 valence electrons. The van der Waals surface area contributed by atoms with Gasteiger partial charge in [-0.15, -0.1) is 0 Å². The monoisotopic (exact) mass is 409 g/mol. The van der Waals surface area contributed by atoms with Gasteiger partial charge in [0.25, 0.3) is 0 Å². The van der Waals surface area contributed by atoms with E-state index in [-0.39, 0.29) is 11.4 Å². The molecule has 1 aliphatic heterocycles. The molecule has 0 saturated carbocycles. The number of benzene rings is 2. The van der Waals surface area contributed by atoms with Crippen LogP contribution in [0.4, 0.5) is 23.7 Å². The minimum Gasteiger partial charge on any atom is -0.330 e. The maximum atomic E-state index is 12.9. The van der Waals surface area contributed by atoms with Gasteiger partial charge in [-0.3, -0.25) is 4.79 Å². The van der Waals surface area contributed by atoms with E-state index in [1.165, 1.54) is 12.1 Å². The van der Waals surface area contributed by atoms with Crippen LogP contribution in [0.3, 0.4) is 0 Å². The van der Waals surface area contributed by atoms with Crippen LogP contribution in [0.15, 0.2) is 60.8 Å². The summed E-state index contributed by atoms with van der Waals surface area (Å²) < 4.78 is 38.7. The lowest BCUT2D eigenvalue weighted by Crippen LogP contribution is -2.51. The van der Waals surface area contributed by atoms with Crippen LogP contribution >= 0.6 is 11.6 Å². The molecule has 1 saturated heterocycles. The van der Waals surface area contributed by atoms with E-state index in [1.807, 2.05) is 0 Å². The highest BCUT2D eigenvalue weighted by Gasteiger charge is 2.39. The molecular formula is C19H15ClF3N3O2. The highest BCUT2D eigenvalue weighted by molar-refractivity contribution is 6.31. The van der Waals surface area contributed by atoms with Crippen molar-refractivity contribution < 1.29 is 22.8 Å². The summed E-state index contributed by atoms with van der Waals surface area (Å²) in [6, 6.07) is 9.53. The normalized spacial score (nSPS) is 19.6. The molecule has 9 heteroatoms. The number of anilines is 1. The van der Waals surface area contributed by atoms with Crippen LogP contribution in [0, 0.1) is 5.92 Å². The standard InChI is InChI=1S/C19H15ClF3N3O2/c1-10-15(16(26-18(28)24-10)13-7-2-3-8-14(13)20)17(27)25-12-6-4-5-11(9-12)19(21,22)23/h2-9,15-16H,1H2,(H,25,27)(H2,24,26,28)/t15-,16+/m1/s1. The smallest absolute Gasteiger partial charge is 0.330 e. The molecule has 2 aromatic carbocycles. The Labute approximate surface area is 163 Å². The van der Waals surface area contributed by atoms with E-state index in [9.17, 15) is 22.8 Å². The number of carbonyl (C=O) groups excluding carboxylic acids is 2. The topological polar surface area (TPSA) is 70.2 Å². The molecule has 3 amide bonds. The fourth-order valence-electron chi connectivity index (χ4n) is 2.97. The van der Waals surface area contributed by atoms with Crippen molar-refractivity contribution in [1.29, 1.82) is 0 Å². The largest absolute Gasteiger partial charge is 0.416 e. The number of amides is 3. The van der Waals surface area contributed by atoms with Gasteiger partial charge in [0.05, 0.1) is 11.6 Å². The summed E-state index contributed by atoms with van der Waals surface area (Å²) in [7, 11) is 0. The minimum atomic E-state index is -4.54. The molecule has 0 unspecified atom stereocenters. The van der Waals surface area contributed by atoms with Gasteiger partial charge in [-0.25, -0.2) is 4.79 Å². The van der Waals surface area contributed by atoms with Gasteiger partial charge in [-0.2, -0.15) is 13.2 Å². The van der Waals surface area contributed by atoms with E-state index >= 15 is 0 Å². The molecule has 0 aliphatic carbocycles. The molecular weight excluding hydrogens is 395 g/mol. The van der Waals surface area contributed by atoms with Crippen molar-refractivity contribution >= 4 is 29.2 Å². The van der Waals surface area contributed by atoms with Gasteiger partial charge in [0.15, 0.2) is 0 Å². The average Bonchev–Trinajstić information content (AvgIpc) is 2.60. The highest BCUT2D eigenvalue weighted by Crippen LogP contribution is 2.35. The van der Waals surface area contributed by atoms with E-state index in [1.54, 1.807) is 24.3 Å². The van der Waals surface area contributed by atoms with Gasteiger partial charge in [0.1, 0.15) is 5.92 Å². The Balaban J connectivity index is 1.91. The molecule has 3 N–H and O–H groups in total. The fourth-order valence-corrected chi connectivity index (χ4v) is 3.23. The van der Waals surface area contributed by atoms with Crippen LogP contribution in [0.2, 0.25) is 5.02 Å². The molecule has 1 fully saturated rings. The molecule has 2 aromatic rings. The highest BCUT2D eigenvalue weighted by atomic mass is 35.5. The van der Waals surface area contributed by atoms with Gasteiger partial charge in [0.2, 0.25) is 5.91 Å². The number of nitrogens with one attached hydrogen (secondary N) is 3. The third-order valence-electron chi connectivity index (χ3n) is 4.25. The lowest BCUT2D eigenvalue weighted by atomic mass is 9.88. The first kappa shape index (κ1) is 19.8. The van der Waals surface area contributed by atoms with E-state index in [2.05, 4.69) is 22.5 Å². The van der Waals surface area contributed by atoms with Crippen LogP contribution < -0.4 is 16.0 Å². The summed E-state index contributed by atoms with van der Waals surface area (Å²) in [6.45, 7) is 3.72. The number of hydrogen-bond acceptors (Lipinski definition) is 2. The van der Waals surface area contributed by atoms with E-state index < -0.39 is 35.6 Å². The maximum absolute atomic E-state index is 12.9. The molecule has 28 heavy (non-hydrogen) atoms. The summed E-state index contributed by atoms with van der Waals surface area (Å²) in [5.74, 6) is -1.63. The third kappa shape index (κ3) is 4.12. The summed E-state index contributed by atoms with van der Waals surface area (Å²) >= 11 is 6.20. The number of rotatable bonds is 3. The molecule has 0 radical (unpaired) electrons. The summed E-state index contributed by atoms with van der Waals surface area (Å²) in [5, 5.41) is 7.83. The van der Waals surface area contributed by atoms with Crippen LogP contribution in [0.5, 0.6) is 0 Å². The van der Waals surface area contributed by atoms with Gasteiger partial charge in [-0.05, 0) is 29.8 Å². The molecule has 5 nitrogen and oxygen atoms in total. The van der Waals surface area contributed by atoms with E-state index in [0.717, 1.165) is 12.1 Å².